The van der Waals surface area contributed by atoms with Crippen LogP contribution in [0.3, 0.4) is 0 Å². The Labute approximate surface area is 130 Å². The lowest BCUT2D eigenvalue weighted by atomic mass is 10.1. The van der Waals surface area contributed by atoms with E-state index in [1.807, 2.05) is 14.0 Å². The van der Waals surface area contributed by atoms with Gasteiger partial charge in [-0.05, 0) is 52.2 Å². The van der Waals surface area contributed by atoms with Crippen LogP contribution in [0.1, 0.15) is 45.4 Å². The summed E-state index contributed by atoms with van der Waals surface area (Å²) in [5.74, 6) is 0.880. The van der Waals surface area contributed by atoms with Crippen LogP contribution in [-0.4, -0.2) is 63.8 Å². The molecule has 0 aromatic carbocycles. The molecular weight excluding hydrogens is 264 g/mol. The first-order valence-electron chi connectivity index (χ1n) is 8.61. The molecule has 1 aliphatic heterocycles. The zero-order chi connectivity index (χ0) is 15.2. The van der Waals surface area contributed by atoms with Crippen LogP contribution in [0.15, 0.2) is 4.99 Å². The lowest BCUT2D eigenvalue weighted by molar-refractivity contribution is 0.152. The summed E-state index contributed by atoms with van der Waals surface area (Å²) < 4.78 is 5.29. The van der Waals surface area contributed by atoms with Gasteiger partial charge in [0.05, 0.1) is 6.61 Å². The fourth-order valence-corrected chi connectivity index (χ4v) is 2.63. The Bertz CT molecular complexity index is 265. The zero-order valence-corrected chi connectivity index (χ0v) is 14.0. The second-order valence-electron chi connectivity index (χ2n) is 5.59. The third-order valence-corrected chi connectivity index (χ3v) is 3.86. The number of rotatable bonds is 10. The van der Waals surface area contributed by atoms with Crippen molar-refractivity contribution in [2.45, 2.75) is 45.4 Å². The zero-order valence-electron chi connectivity index (χ0n) is 14.0. The third-order valence-electron chi connectivity index (χ3n) is 3.86. The lowest BCUT2D eigenvalue weighted by Gasteiger charge is -2.26. The van der Waals surface area contributed by atoms with Gasteiger partial charge in [0, 0.05) is 26.7 Å². The van der Waals surface area contributed by atoms with Crippen molar-refractivity contribution in [2.24, 2.45) is 4.99 Å². The van der Waals surface area contributed by atoms with E-state index >= 15 is 0 Å². The van der Waals surface area contributed by atoms with Gasteiger partial charge < -0.3 is 20.3 Å². The average Bonchev–Trinajstić information content (AvgIpc) is 2.53. The molecule has 0 saturated carbocycles. The molecule has 1 saturated heterocycles. The predicted molar refractivity (Wildman–Crippen MR) is 90.0 cm³/mol. The minimum atomic E-state index is 0.729. The van der Waals surface area contributed by atoms with Crippen LogP contribution in [0.5, 0.6) is 0 Å². The number of likely N-dealkylation sites (tertiary alicyclic amines) is 1. The molecule has 5 nitrogen and oxygen atoms in total. The summed E-state index contributed by atoms with van der Waals surface area (Å²) in [6.45, 7) is 9.22. The summed E-state index contributed by atoms with van der Waals surface area (Å²) in [6.07, 6.45) is 8.03. The highest BCUT2D eigenvalue weighted by atomic mass is 16.5. The van der Waals surface area contributed by atoms with Crippen LogP contribution in [0.25, 0.3) is 0 Å². The summed E-state index contributed by atoms with van der Waals surface area (Å²) >= 11 is 0. The number of guanidine groups is 1. The number of unbranched alkanes of at least 4 members (excludes halogenated alkanes) is 2. The Morgan fingerprint density at radius 1 is 1.05 bits per heavy atom. The molecule has 0 aliphatic carbocycles. The van der Waals surface area contributed by atoms with E-state index in [9.17, 15) is 0 Å². The Balaban J connectivity index is 1.91. The number of hydrogen-bond acceptors (Lipinski definition) is 3. The normalized spacial score (nSPS) is 17.0. The molecule has 124 valence electrons. The van der Waals surface area contributed by atoms with Gasteiger partial charge in [-0.1, -0.05) is 12.8 Å². The average molecular weight is 298 g/mol. The fraction of sp³-hybridized carbons (Fsp3) is 0.938. The summed E-state index contributed by atoms with van der Waals surface area (Å²) in [6, 6.07) is 0. The van der Waals surface area contributed by atoms with Crippen LogP contribution < -0.4 is 10.6 Å². The molecule has 0 spiro atoms. The Morgan fingerprint density at radius 3 is 2.52 bits per heavy atom. The molecule has 0 atom stereocenters. The van der Waals surface area contributed by atoms with Gasteiger partial charge in [0.1, 0.15) is 0 Å². The van der Waals surface area contributed by atoms with E-state index in [1.165, 1.54) is 58.2 Å². The van der Waals surface area contributed by atoms with Gasteiger partial charge in [0.25, 0.3) is 0 Å². The van der Waals surface area contributed by atoms with Crippen molar-refractivity contribution in [2.75, 3.05) is 53.0 Å². The molecule has 0 amide bonds. The van der Waals surface area contributed by atoms with Crippen molar-refractivity contribution in [1.82, 2.24) is 15.5 Å². The van der Waals surface area contributed by atoms with Gasteiger partial charge in [-0.3, -0.25) is 4.99 Å². The van der Waals surface area contributed by atoms with E-state index in [-0.39, 0.29) is 0 Å². The maximum absolute atomic E-state index is 5.29. The quantitative estimate of drug-likeness (QED) is 0.367. The second-order valence-corrected chi connectivity index (χ2v) is 5.59. The predicted octanol–water partition coefficient (Wildman–Crippen LogP) is 1.84. The molecule has 0 aromatic heterocycles. The van der Waals surface area contributed by atoms with E-state index in [4.69, 9.17) is 4.74 Å². The molecule has 0 radical (unpaired) electrons. The number of nitrogens with zero attached hydrogens (tertiary/aromatic N) is 2. The Morgan fingerprint density at radius 2 is 1.81 bits per heavy atom. The molecule has 21 heavy (non-hydrogen) atoms. The van der Waals surface area contributed by atoms with E-state index in [0.29, 0.717) is 0 Å². The van der Waals surface area contributed by atoms with Crippen molar-refractivity contribution >= 4 is 5.96 Å². The number of hydrogen-bond donors (Lipinski definition) is 2. The monoisotopic (exact) mass is 298 g/mol. The molecule has 0 bridgehead atoms. The first-order valence-corrected chi connectivity index (χ1v) is 8.61. The molecule has 0 unspecified atom stereocenters. The number of ether oxygens (including phenoxy) is 1. The number of aliphatic imine (C=N–C) groups is 1. The van der Waals surface area contributed by atoms with Crippen LogP contribution in [0, 0.1) is 0 Å². The minimum absolute atomic E-state index is 0.729. The third kappa shape index (κ3) is 9.69. The van der Waals surface area contributed by atoms with Crippen LogP contribution in [-0.2, 0) is 4.74 Å². The van der Waals surface area contributed by atoms with Gasteiger partial charge in [-0.25, -0.2) is 0 Å². The topological polar surface area (TPSA) is 48.9 Å². The first-order chi connectivity index (χ1) is 10.4. The van der Waals surface area contributed by atoms with Gasteiger partial charge in [-0.2, -0.15) is 0 Å². The number of piperidine rings is 1. The molecule has 1 aliphatic rings. The highest BCUT2D eigenvalue weighted by Gasteiger charge is 2.08. The van der Waals surface area contributed by atoms with Gasteiger partial charge in [0.2, 0.25) is 0 Å². The molecule has 1 heterocycles. The maximum Gasteiger partial charge on any atom is 0.191 e. The number of nitrogens with one attached hydrogen (secondary N) is 2. The van der Waals surface area contributed by atoms with E-state index < -0.39 is 0 Å². The smallest absolute Gasteiger partial charge is 0.191 e. The van der Waals surface area contributed by atoms with E-state index in [1.54, 1.807) is 0 Å². The first kappa shape index (κ1) is 18.2. The summed E-state index contributed by atoms with van der Waals surface area (Å²) in [5.41, 5.74) is 0. The molecule has 5 heteroatoms. The van der Waals surface area contributed by atoms with Crippen LogP contribution in [0.4, 0.5) is 0 Å². The van der Waals surface area contributed by atoms with Crippen LogP contribution >= 0.6 is 0 Å². The van der Waals surface area contributed by atoms with Gasteiger partial charge in [0.15, 0.2) is 5.96 Å². The lowest BCUT2D eigenvalue weighted by Crippen LogP contribution is -2.39. The standard InChI is InChI=1S/C16H34N4O/c1-3-21-15-11-19-16(17-2)18-10-6-4-7-12-20-13-8-5-9-14-20/h3-15H2,1-2H3,(H2,17,18,19). The largest absolute Gasteiger partial charge is 0.380 e. The van der Waals surface area contributed by atoms with E-state index in [0.717, 1.165) is 32.3 Å². The van der Waals surface area contributed by atoms with Crippen molar-refractivity contribution in [3.8, 4) is 0 Å². The summed E-state index contributed by atoms with van der Waals surface area (Å²) in [5, 5.41) is 6.61. The molecule has 0 aromatic rings. The van der Waals surface area contributed by atoms with Gasteiger partial charge in [-0.15, -0.1) is 0 Å². The molecule has 2 N–H and O–H groups in total. The fourth-order valence-electron chi connectivity index (χ4n) is 2.63. The Kier molecular flexibility index (Phi) is 11.2. The van der Waals surface area contributed by atoms with Gasteiger partial charge >= 0.3 is 0 Å². The van der Waals surface area contributed by atoms with Crippen molar-refractivity contribution < 1.29 is 4.74 Å². The van der Waals surface area contributed by atoms with Crippen LogP contribution in [0.2, 0.25) is 0 Å². The van der Waals surface area contributed by atoms with Crippen molar-refractivity contribution in [1.29, 1.82) is 0 Å². The van der Waals surface area contributed by atoms with Crippen molar-refractivity contribution in [3.05, 3.63) is 0 Å². The van der Waals surface area contributed by atoms with E-state index in [2.05, 4.69) is 20.5 Å². The molecular formula is C16H34N4O. The SMILES string of the molecule is CCOCCNC(=NC)NCCCCCN1CCCCC1. The highest BCUT2D eigenvalue weighted by Crippen LogP contribution is 2.09. The summed E-state index contributed by atoms with van der Waals surface area (Å²) in [7, 11) is 1.81. The molecule has 1 fully saturated rings. The minimum Gasteiger partial charge on any atom is -0.380 e. The highest BCUT2D eigenvalue weighted by molar-refractivity contribution is 5.79. The van der Waals surface area contributed by atoms with Crippen molar-refractivity contribution in [3.63, 3.8) is 0 Å². The second kappa shape index (κ2) is 12.9. The maximum atomic E-state index is 5.29. The Hall–Kier alpha value is -0.810. The summed E-state index contributed by atoms with van der Waals surface area (Å²) in [4.78, 5) is 6.82. The molecule has 1 rings (SSSR count).